The highest BCUT2D eigenvalue weighted by molar-refractivity contribution is 5.75. The Balaban J connectivity index is 1.50. The summed E-state index contributed by atoms with van der Waals surface area (Å²) in [6, 6.07) is 6.03. The lowest BCUT2D eigenvalue weighted by atomic mass is 10.1. The highest BCUT2D eigenvalue weighted by Gasteiger charge is 2.23. The van der Waals surface area contributed by atoms with E-state index in [9.17, 15) is 4.79 Å². The molecule has 1 unspecified atom stereocenters. The maximum Gasteiger partial charge on any atom is 0.220 e. The largest absolute Gasteiger partial charge is 0.379 e. The molecule has 3 heterocycles. The molecule has 134 valence electrons. The average molecular weight is 343 g/mol. The molecule has 1 saturated heterocycles. The van der Waals surface area contributed by atoms with Gasteiger partial charge in [0.25, 0.3) is 0 Å². The van der Waals surface area contributed by atoms with E-state index in [1.807, 2.05) is 29.2 Å². The van der Waals surface area contributed by atoms with Crippen molar-refractivity contribution in [2.75, 3.05) is 32.8 Å². The molecule has 0 aromatic carbocycles. The minimum absolute atomic E-state index is 0.0781. The van der Waals surface area contributed by atoms with Crippen LogP contribution in [-0.4, -0.2) is 58.4 Å². The number of aryl methyl sites for hydroxylation is 1. The van der Waals surface area contributed by atoms with Gasteiger partial charge in [-0.25, -0.2) is 0 Å². The summed E-state index contributed by atoms with van der Waals surface area (Å²) in [5.41, 5.74) is 1.13. The van der Waals surface area contributed by atoms with Crippen LogP contribution in [0.4, 0.5) is 0 Å². The van der Waals surface area contributed by atoms with Gasteiger partial charge >= 0.3 is 0 Å². The van der Waals surface area contributed by atoms with Crippen LogP contribution in [0, 0.1) is 0 Å². The first-order chi connectivity index (χ1) is 12.3. The zero-order valence-electron chi connectivity index (χ0n) is 14.4. The maximum absolute atomic E-state index is 12.2. The first kappa shape index (κ1) is 17.6. The fourth-order valence-electron chi connectivity index (χ4n) is 3.05. The van der Waals surface area contributed by atoms with Crippen LogP contribution in [0.5, 0.6) is 0 Å². The van der Waals surface area contributed by atoms with E-state index in [2.05, 4.69) is 26.4 Å². The zero-order valence-corrected chi connectivity index (χ0v) is 14.4. The van der Waals surface area contributed by atoms with Gasteiger partial charge in [-0.1, -0.05) is 6.07 Å². The number of amides is 1. The van der Waals surface area contributed by atoms with Gasteiger partial charge in [-0.15, -0.1) is 0 Å². The summed E-state index contributed by atoms with van der Waals surface area (Å²) >= 11 is 0. The van der Waals surface area contributed by atoms with Gasteiger partial charge in [0.15, 0.2) is 0 Å². The van der Waals surface area contributed by atoms with Crippen LogP contribution >= 0.6 is 0 Å². The third-order valence-corrected chi connectivity index (χ3v) is 4.40. The van der Waals surface area contributed by atoms with Crippen molar-refractivity contribution >= 4 is 5.91 Å². The third kappa shape index (κ3) is 5.37. The Hall–Kier alpha value is -2.25. The van der Waals surface area contributed by atoms with E-state index in [1.165, 1.54) is 0 Å². The second kappa shape index (κ2) is 9.29. The van der Waals surface area contributed by atoms with Gasteiger partial charge in [-0.2, -0.15) is 5.10 Å². The molecule has 3 rings (SSSR count). The summed E-state index contributed by atoms with van der Waals surface area (Å²) in [5, 5.41) is 7.23. The minimum Gasteiger partial charge on any atom is -0.379 e. The van der Waals surface area contributed by atoms with Gasteiger partial charge in [0.05, 0.1) is 19.3 Å². The highest BCUT2D eigenvalue weighted by atomic mass is 16.5. The molecule has 1 fully saturated rings. The fraction of sp³-hybridized carbons (Fsp3) is 0.500. The molecule has 1 aliphatic rings. The normalized spacial score (nSPS) is 16.5. The molecule has 1 atom stereocenters. The van der Waals surface area contributed by atoms with Gasteiger partial charge < -0.3 is 10.1 Å². The number of hydrogen-bond acceptors (Lipinski definition) is 5. The van der Waals surface area contributed by atoms with E-state index in [0.29, 0.717) is 13.0 Å². The van der Waals surface area contributed by atoms with Gasteiger partial charge in [0.2, 0.25) is 5.91 Å². The van der Waals surface area contributed by atoms with Gasteiger partial charge in [-0.3, -0.25) is 19.4 Å². The minimum atomic E-state index is 0.0781. The number of aromatic nitrogens is 3. The van der Waals surface area contributed by atoms with Crippen molar-refractivity contribution in [1.82, 2.24) is 25.0 Å². The predicted octanol–water partition coefficient (Wildman–Crippen LogP) is 1.25. The molecule has 25 heavy (non-hydrogen) atoms. The number of morpholine rings is 1. The SMILES string of the molecule is O=C(CCCn1cccn1)NCC(c1cccnc1)N1CCOCC1. The number of rotatable bonds is 8. The van der Waals surface area contributed by atoms with Gasteiger partial charge in [0, 0.05) is 57.4 Å². The monoisotopic (exact) mass is 343 g/mol. The Bertz CT molecular complexity index is 626. The predicted molar refractivity (Wildman–Crippen MR) is 93.8 cm³/mol. The molecule has 2 aromatic rings. The Morgan fingerprint density at radius 3 is 2.88 bits per heavy atom. The summed E-state index contributed by atoms with van der Waals surface area (Å²) < 4.78 is 7.29. The number of hydrogen-bond donors (Lipinski definition) is 1. The molecule has 2 aromatic heterocycles. The van der Waals surface area contributed by atoms with Crippen LogP contribution in [0.1, 0.15) is 24.4 Å². The van der Waals surface area contributed by atoms with Crippen LogP contribution in [-0.2, 0) is 16.1 Å². The van der Waals surface area contributed by atoms with Crippen molar-refractivity contribution in [3.8, 4) is 0 Å². The van der Waals surface area contributed by atoms with Crippen LogP contribution in [0.15, 0.2) is 43.0 Å². The first-order valence-corrected chi connectivity index (χ1v) is 8.79. The molecule has 7 heteroatoms. The molecular formula is C18H25N5O2. The standard InChI is InChI=1S/C18H25N5O2/c24-18(5-2-8-23-9-3-7-21-23)20-15-17(16-4-1-6-19-14-16)22-10-12-25-13-11-22/h1,3-4,6-7,9,14,17H,2,5,8,10-13,15H2,(H,20,24). The van der Waals surface area contributed by atoms with E-state index in [1.54, 1.807) is 12.4 Å². The highest BCUT2D eigenvalue weighted by Crippen LogP contribution is 2.20. The molecule has 0 radical (unpaired) electrons. The van der Waals surface area contributed by atoms with Crippen molar-refractivity contribution in [1.29, 1.82) is 0 Å². The third-order valence-electron chi connectivity index (χ3n) is 4.40. The smallest absolute Gasteiger partial charge is 0.220 e. The average Bonchev–Trinajstić information content (AvgIpc) is 3.17. The van der Waals surface area contributed by atoms with Crippen molar-refractivity contribution in [2.45, 2.75) is 25.4 Å². The van der Waals surface area contributed by atoms with Crippen LogP contribution < -0.4 is 5.32 Å². The van der Waals surface area contributed by atoms with E-state index in [0.717, 1.165) is 44.8 Å². The van der Waals surface area contributed by atoms with E-state index in [4.69, 9.17) is 4.74 Å². The van der Waals surface area contributed by atoms with Gasteiger partial charge in [0.1, 0.15) is 0 Å². The Morgan fingerprint density at radius 1 is 1.28 bits per heavy atom. The molecule has 1 N–H and O–H groups in total. The number of ether oxygens (including phenoxy) is 1. The quantitative estimate of drug-likeness (QED) is 0.781. The van der Waals surface area contributed by atoms with Crippen molar-refractivity contribution < 1.29 is 9.53 Å². The summed E-state index contributed by atoms with van der Waals surface area (Å²) in [4.78, 5) is 18.8. The molecule has 1 aliphatic heterocycles. The molecule has 0 saturated carbocycles. The molecule has 1 amide bonds. The molecule has 0 spiro atoms. The second-order valence-corrected chi connectivity index (χ2v) is 6.13. The fourth-order valence-corrected chi connectivity index (χ4v) is 3.05. The van der Waals surface area contributed by atoms with Crippen LogP contribution in [0.2, 0.25) is 0 Å². The van der Waals surface area contributed by atoms with E-state index >= 15 is 0 Å². The number of carbonyl (C=O) groups excluding carboxylic acids is 1. The molecule has 7 nitrogen and oxygen atoms in total. The van der Waals surface area contributed by atoms with E-state index in [-0.39, 0.29) is 11.9 Å². The lowest BCUT2D eigenvalue weighted by molar-refractivity contribution is -0.121. The molecule has 0 bridgehead atoms. The number of nitrogens with one attached hydrogen (secondary N) is 1. The summed E-state index contributed by atoms with van der Waals surface area (Å²) in [7, 11) is 0. The van der Waals surface area contributed by atoms with Gasteiger partial charge in [-0.05, 0) is 24.1 Å². The van der Waals surface area contributed by atoms with Crippen LogP contribution in [0.25, 0.3) is 0 Å². The van der Waals surface area contributed by atoms with Crippen molar-refractivity contribution in [3.63, 3.8) is 0 Å². The van der Waals surface area contributed by atoms with Crippen molar-refractivity contribution in [2.24, 2.45) is 0 Å². The summed E-state index contributed by atoms with van der Waals surface area (Å²) in [5.74, 6) is 0.0781. The number of carbonyl (C=O) groups is 1. The first-order valence-electron chi connectivity index (χ1n) is 8.79. The lowest BCUT2D eigenvalue weighted by Crippen LogP contribution is -2.43. The molecular weight excluding hydrogens is 318 g/mol. The number of pyridine rings is 1. The summed E-state index contributed by atoms with van der Waals surface area (Å²) in [6.07, 6.45) is 8.60. The number of nitrogens with zero attached hydrogens (tertiary/aromatic N) is 4. The van der Waals surface area contributed by atoms with Crippen LogP contribution in [0.3, 0.4) is 0 Å². The topological polar surface area (TPSA) is 72.3 Å². The Kier molecular flexibility index (Phi) is 6.53. The Labute approximate surface area is 148 Å². The second-order valence-electron chi connectivity index (χ2n) is 6.13. The summed E-state index contributed by atoms with van der Waals surface area (Å²) in [6.45, 7) is 4.55. The maximum atomic E-state index is 12.2. The molecule has 0 aliphatic carbocycles. The zero-order chi connectivity index (χ0) is 17.3. The van der Waals surface area contributed by atoms with E-state index < -0.39 is 0 Å². The van der Waals surface area contributed by atoms with Crippen molar-refractivity contribution in [3.05, 3.63) is 48.5 Å². The lowest BCUT2D eigenvalue weighted by Gasteiger charge is -2.34. The Morgan fingerprint density at radius 2 is 2.16 bits per heavy atom.